The van der Waals surface area contributed by atoms with Gasteiger partial charge in [0.25, 0.3) is 5.91 Å². The number of carbonyl (C=O) groups is 1. The Morgan fingerprint density at radius 3 is 2.67 bits per heavy atom. The van der Waals surface area contributed by atoms with E-state index in [2.05, 4.69) is 5.32 Å². The Labute approximate surface area is 116 Å². The molecule has 100 valence electrons. The third-order valence-corrected chi connectivity index (χ3v) is 2.55. The number of benzene rings is 1. The van der Waals surface area contributed by atoms with Crippen molar-refractivity contribution in [1.82, 2.24) is 5.32 Å². The Morgan fingerprint density at radius 1 is 1.44 bits per heavy atom. The quantitative estimate of drug-likeness (QED) is 0.876. The van der Waals surface area contributed by atoms with E-state index in [4.69, 9.17) is 27.9 Å². The number of amides is 1. The fourth-order valence-electron chi connectivity index (χ4n) is 1.39. The lowest BCUT2D eigenvalue weighted by molar-refractivity contribution is -0.123. The zero-order valence-electron chi connectivity index (χ0n) is 10.2. The molecule has 0 aromatic heterocycles. The van der Waals surface area contributed by atoms with Gasteiger partial charge in [-0.05, 0) is 26.0 Å². The van der Waals surface area contributed by atoms with E-state index < -0.39 is 0 Å². The first-order valence-electron chi connectivity index (χ1n) is 5.45. The molecule has 0 atom stereocenters. The van der Waals surface area contributed by atoms with Crippen LogP contribution in [0, 0.1) is 0 Å². The Hall–Kier alpha value is -0.970. The molecule has 0 radical (unpaired) electrons. The standard InChI is InChI=1S/C12H15Cl2NO3/c1-7(2)15-11(17)6-18-12-8(5-16)3-9(13)4-10(12)14/h3-4,7,16H,5-6H2,1-2H3,(H,15,17). The van der Waals surface area contributed by atoms with Crippen LogP contribution in [-0.2, 0) is 11.4 Å². The summed E-state index contributed by atoms with van der Waals surface area (Å²) in [6, 6.07) is 3.08. The number of rotatable bonds is 5. The van der Waals surface area contributed by atoms with Crippen LogP contribution >= 0.6 is 23.2 Å². The molecule has 0 aliphatic rings. The average Bonchev–Trinajstić information content (AvgIpc) is 2.25. The van der Waals surface area contributed by atoms with Gasteiger partial charge in [0.1, 0.15) is 5.75 Å². The molecule has 0 fully saturated rings. The first-order chi connectivity index (χ1) is 8.43. The van der Waals surface area contributed by atoms with E-state index >= 15 is 0 Å². The third-order valence-electron chi connectivity index (χ3n) is 2.05. The number of ether oxygens (including phenoxy) is 1. The van der Waals surface area contributed by atoms with Gasteiger partial charge in [0.15, 0.2) is 6.61 Å². The highest BCUT2D eigenvalue weighted by Crippen LogP contribution is 2.32. The monoisotopic (exact) mass is 291 g/mol. The molecule has 0 unspecified atom stereocenters. The largest absolute Gasteiger partial charge is 0.482 e. The molecule has 0 saturated carbocycles. The van der Waals surface area contributed by atoms with Crippen molar-refractivity contribution in [3.63, 3.8) is 0 Å². The van der Waals surface area contributed by atoms with Crippen molar-refractivity contribution in [3.05, 3.63) is 27.7 Å². The molecular weight excluding hydrogens is 277 g/mol. The zero-order valence-corrected chi connectivity index (χ0v) is 11.7. The van der Waals surface area contributed by atoms with Gasteiger partial charge in [0, 0.05) is 16.6 Å². The number of aliphatic hydroxyl groups excluding tert-OH is 1. The molecule has 1 aromatic carbocycles. The molecule has 0 bridgehead atoms. The molecule has 0 aliphatic carbocycles. The molecule has 6 heteroatoms. The summed E-state index contributed by atoms with van der Waals surface area (Å²) >= 11 is 11.8. The predicted octanol–water partition coefficient (Wildman–Crippen LogP) is 2.39. The van der Waals surface area contributed by atoms with Gasteiger partial charge >= 0.3 is 0 Å². The van der Waals surface area contributed by atoms with Crippen LogP contribution in [0.1, 0.15) is 19.4 Å². The molecule has 1 rings (SSSR count). The van der Waals surface area contributed by atoms with Gasteiger partial charge in [-0.3, -0.25) is 4.79 Å². The summed E-state index contributed by atoms with van der Waals surface area (Å²) in [6.45, 7) is 3.28. The van der Waals surface area contributed by atoms with Crippen LogP contribution in [0.2, 0.25) is 10.0 Å². The van der Waals surface area contributed by atoms with Crippen LogP contribution in [0.5, 0.6) is 5.75 Å². The molecule has 0 heterocycles. The highest BCUT2D eigenvalue weighted by atomic mass is 35.5. The number of halogens is 2. The van der Waals surface area contributed by atoms with Crippen LogP contribution in [-0.4, -0.2) is 23.7 Å². The van der Waals surface area contributed by atoms with Gasteiger partial charge in [0.05, 0.1) is 11.6 Å². The molecule has 1 aromatic rings. The number of nitrogens with one attached hydrogen (secondary N) is 1. The highest BCUT2D eigenvalue weighted by Gasteiger charge is 2.12. The fourth-order valence-corrected chi connectivity index (χ4v) is 1.98. The second kappa shape index (κ2) is 6.83. The van der Waals surface area contributed by atoms with Crippen molar-refractivity contribution in [2.24, 2.45) is 0 Å². The Kier molecular flexibility index (Phi) is 5.72. The second-order valence-electron chi connectivity index (χ2n) is 4.04. The summed E-state index contributed by atoms with van der Waals surface area (Å²) in [7, 11) is 0. The van der Waals surface area contributed by atoms with Crippen molar-refractivity contribution in [1.29, 1.82) is 0 Å². The van der Waals surface area contributed by atoms with E-state index in [1.165, 1.54) is 6.07 Å². The van der Waals surface area contributed by atoms with E-state index in [0.717, 1.165) is 0 Å². The first kappa shape index (κ1) is 15.1. The number of carbonyl (C=O) groups excluding carboxylic acids is 1. The van der Waals surface area contributed by atoms with Crippen molar-refractivity contribution in [3.8, 4) is 5.75 Å². The molecule has 0 spiro atoms. The summed E-state index contributed by atoms with van der Waals surface area (Å²) in [4.78, 5) is 11.4. The minimum Gasteiger partial charge on any atom is -0.482 e. The third kappa shape index (κ3) is 4.37. The summed E-state index contributed by atoms with van der Waals surface area (Å²) < 4.78 is 5.31. The Balaban J connectivity index is 2.75. The molecular formula is C12H15Cl2NO3. The van der Waals surface area contributed by atoms with Crippen LogP contribution in [0.25, 0.3) is 0 Å². The van der Waals surface area contributed by atoms with E-state index in [1.54, 1.807) is 6.07 Å². The van der Waals surface area contributed by atoms with Gasteiger partial charge in [-0.2, -0.15) is 0 Å². The van der Waals surface area contributed by atoms with E-state index in [-0.39, 0.29) is 35.9 Å². The van der Waals surface area contributed by atoms with Crippen LogP contribution < -0.4 is 10.1 Å². The fraction of sp³-hybridized carbons (Fsp3) is 0.417. The number of hydrogen-bond acceptors (Lipinski definition) is 3. The zero-order chi connectivity index (χ0) is 13.7. The van der Waals surface area contributed by atoms with Crippen molar-refractivity contribution in [2.75, 3.05) is 6.61 Å². The first-order valence-corrected chi connectivity index (χ1v) is 6.20. The lowest BCUT2D eigenvalue weighted by Crippen LogP contribution is -2.34. The summed E-state index contributed by atoms with van der Waals surface area (Å²) in [5, 5.41) is 12.5. The topological polar surface area (TPSA) is 58.6 Å². The van der Waals surface area contributed by atoms with Gasteiger partial charge in [-0.25, -0.2) is 0 Å². The lowest BCUT2D eigenvalue weighted by atomic mass is 10.2. The maximum absolute atomic E-state index is 11.4. The molecule has 0 aliphatic heterocycles. The van der Waals surface area contributed by atoms with Gasteiger partial charge in [-0.1, -0.05) is 23.2 Å². The van der Waals surface area contributed by atoms with Crippen molar-refractivity contribution >= 4 is 29.1 Å². The number of aliphatic hydroxyl groups is 1. The average molecular weight is 292 g/mol. The Morgan fingerprint density at radius 2 is 2.11 bits per heavy atom. The smallest absolute Gasteiger partial charge is 0.258 e. The maximum Gasteiger partial charge on any atom is 0.258 e. The second-order valence-corrected chi connectivity index (χ2v) is 4.89. The van der Waals surface area contributed by atoms with Crippen LogP contribution in [0.15, 0.2) is 12.1 Å². The van der Waals surface area contributed by atoms with Gasteiger partial charge in [-0.15, -0.1) is 0 Å². The normalized spacial score (nSPS) is 10.6. The van der Waals surface area contributed by atoms with Crippen molar-refractivity contribution in [2.45, 2.75) is 26.5 Å². The molecule has 1 amide bonds. The van der Waals surface area contributed by atoms with E-state index in [0.29, 0.717) is 10.6 Å². The molecule has 4 nitrogen and oxygen atoms in total. The van der Waals surface area contributed by atoms with E-state index in [1.807, 2.05) is 13.8 Å². The SMILES string of the molecule is CC(C)NC(=O)COc1c(Cl)cc(Cl)cc1CO. The predicted molar refractivity (Wildman–Crippen MR) is 71.2 cm³/mol. The van der Waals surface area contributed by atoms with Crippen molar-refractivity contribution < 1.29 is 14.6 Å². The minimum atomic E-state index is -0.262. The van der Waals surface area contributed by atoms with Gasteiger partial charge < -0.3 is 15.2 Å². The van der Waals surface area contributed by atoms with E-state index in [9.17, 15) is 9.90 Å². The molecule has 2 N–H and O–H groups in total. The summed E-state index contributed by atoms with van der Waals surface area (Å²) in [5.74, 6) is 0.0300. The Bertz CT molecular complexity index is 436. The highest BCUT2D eigenvalue weighted by molar-refractivity contribution is 6.35. The maximum atomic E-state index is 11.4. The van der Waals surface area contributed by atoms with Crippen LogP contribution in [0.3, 0.4) is 0 Å². The minimum absolute atomic E-state index is 0.0408. The molecule has 18 heavy (non-hydrogen) atoms. The van der Waals surface area contributed by atoms with Gasteiger partial charge in [0.2, 0.25) is 0 Å². The molecule has 0 saturated heterocycles. The summed E-state index contributed by atoms with van der Waals surface area (Å²) in [6.07, 6.45) is 0. The van der Waals surface area contributed by atoms with Crippen LogP contribution in [0.4, 0.5) is 0 Å². The summed E-state index contributed by atoms with van der Waals surface area (Å²) in [5.41, 5.74) is 0.449. The number of hydrogen-bond donors (Lipinski definition) is 2. The lowest BCUT2D eigenvalue weighted by Gasteiger charge is -2.13.